The predicted molar refractivity (Wildman–Crippen MR) is 81.1 cm³/mol. The number of hydrogen-bond acceptors (Lipinski definition) is 4. The molecule has 0 aromatic carbocycles. The lowest BCUT2D eigenvalue weighted by molar-refractivity contribution is 0.742. The Hall–Kier alpha value is -1.32. The van der Waals surface area contributed by atoms with Gasteiger partial charge in [0.2, 0.25) is 0 Å². The van der Waals surface area contributed by atoms with E-state index in [1.165, 1.54) is 18.4 Å². The molecule has 4 nitrogen and oxygen atoms in total. The molecule has 1 heterocycles. The summed E-state index contributed by atoms with van der Waals surface area (Å²) in [5.41, 5.74) is 1.18. The van der Waals surface area contributed by atoms with Crippen molar-refractivity contribution in [3.63, 3.8) is 0 Å². The number of rotatable bonds is 6. The Bertz CT molecular complexity index is 438. The summed E-state index contributed by atoms with van der Waals surface area (Å²) >= 11 is 0. The molecule has 106 valence electrons. The van der Waals surface area contributed by atoms with Crippen molar-refractivity contribution in [1.82, 2.24) is 9.97 Å². The quantitative estimate of drug-likeness (QED) is 0.853. The number of anilines is 2. The highest BCUT2D eigenvalue weighted by Crippen LogP contribution is 2.34. The van der Waals surface area contributed by atoms with Crippen LogP contribution in [0.2, 0.25) is 0 Å². The van der Waals surface area contributed by atoms with E-state index < -0.39 is 0 Å². The first-order chi connectivity index (χ1) is 9.08. The fraction of sp³-hybridized carbons (Fsp3) is 0.733. The van der Waals surface area contributed by atoms with Crippen LogP contribution in [0.5, 0.6) is 0 Å². The third-order valence-corrected chi connectivity index (χ3v) is 3.60. The van der Waals surface area contributed by atoms with Crippen molar-refractivity contribution in [1.29, 1.82) is 0 Å². The highest BCUT2D eigenvalue weighted by atomic mass is 15.2. The van der Waals surface area contributed by atoms with Crippen LogP contribution in [0.3, 0.4) is 0 Å². The van der Waals surface area contributed by atoms with E-state index in [1.54, 1.807) is 0 Å². The molecule has 1 N–H and O–H groups in total. The van der Waals surface area contributed by atoms with Gasteiger partial charge in [-0.2, -0.15) is 0 Å². The fourth-order valence-corrected chi connectivity index (χ4v) is 2.37. The Morgan fingerprint density at radius 1 is 1.26 bits per heavy atom. The van der Waals surface area contributed by atoms with Crippen molar-refractivity contribution in [2.24, 2.45) is 0 Å². The summed E-state index contributed by atoms with van der Waals surface area (Å²) in [5, 5.41) is 3.37. The van der Waals surface area contributed by atoms with Crippen LogP contribution in [-0.2, 0) is 0 Å². The second-order valence-electron chi connectivity index (χ2n) is 5.58. The van der Waals surface area contributed by atoms with Gasteiger partial charge in [0.15, 0.2) is 0 Å². The maximum atomic E-state index is 4.82. The summed E-state index contributed by atoms with van der Waals surface area (Å²) < 4.78 is 0. The zero-order valence-corrected chi connectivity index (χ0v) is 12.8. The highest BCUT2D eigenvalue weighted by molar-refractivity contribution is 5.59. The van der Waals surface area contributed by atoms with Gasteiger partial charge in [-0.15, -0.1) is 0 Å². The van der Waals surface area contributed by atoms with Gasteiger partial charge < -0.3 is 10.2 Å². The van der Waals surface area contributed by atoms with Gasteiger partial charge in [-0.05, 0) is 33.6 Å². The van der Waals surface area contributed by atoms with Crippen LogP contribution in [-0.4, -0.2) is 29.1 Å². The van der Waals surface area contributed by atoms with Crippen LogP contribution in [0.15, 0.2) is 0 Å². The average molecular weight is 262 g/mol. The monoisotopic (exact) mass is 262 g/mol. The van der Waals surface area contributed by atoms with E-state index in [1.807, 2.05) is 0 Å². The molecule has 0 saturated heterocycles. The van der Waals surface area contributed by atoms with Crippen molar-refractivity contribution in [2.75, 3.05) is 23.3 Å². The molecule has 0 aliphatic heterocycles. The summed E-state index contributed by atoms with van der Waals surface area (Å²) in [7, 11) is 0. The molecule has 0 radical (unpaired) electrons. The number of nitrogens with zero attached hydrogens (tertiary/aromatic N) is 3. The molecule has 1 saturated carbocycles. The minimum Gasteiger partial charge on any atom is -0.370 e. The Kier molecular flexibility index (Phi) is 4.27. The first kappa shape index (κ1) is 14.1. The Labute approximate surface area is 116 Å². The van der Waals surface area contributed by atoms with Crippen LogP contribution in [0.1, 0.15) is 57.8 Å². The third kappa shape index (κ3) is 2.99. The molecule has 19 heavy (non-hydrogen) atoms. The maximum absolute atomic E-state index is 4.82. The zero-order chi connectivity index (χ0) is 14.0. The standard InChI is InChI=1S/C15H26N4/c1-6-16-14-11(5)15(18-13(17-14)10(3)4)19(7-2)12-8-9-12/h10,12H,6-9H2,1-5H3,(H,16,17,18). The second-order valence-corrected chi connectivity index (χ2v) is 5.58. The molecule has 1 fully saturated rings. The smallest absolute Gasteiger partial charge is 0.137 e. The lowest BCUT2D eigenvalue weighted by Gasteiger charge is -2.25. The summed E-state index contributed by atoms with van der Waals surface area (Å²) in [6.45, 7) is 12.7. The van der Waals surface area contributed by atoms with E-state index in [-0.39, 0.29) is 0 Å². The predicted octanol–water partition coefficient (Wildman–Crippen LogP) is 3.33. The normalized spacial score (nSPS) is 14.8. The maximum Gasteiger partial charge on any atom is 0.137 e. The van der Waals surface area contributed by atoms with Crippen LogP contribution in [0, 0.1) is 6.92 Å². The minimum absolute atomic E-state index is 0.356. The molecule has 1 aromatic heterocycles. The Balaban J connectivity index is 2.44. The lowest BCUT2D eigenvalue weighted by atomic mass is 10.2. The van der Waals surface area contributed by atoms with Crippen molar-refractivity contribution in [3.8, 4) is 0 Å². The SMILES string of the molecule is CCNc1nc(C(C)C)nc(N(CC)C2CC2)c1C. The van der Waals surface area contributed by atoms with Crippen molar-refractivity contribution in [2.45, 2.75) is 59.4 Å². The van der Waals surface area contributed by atoms with Crippen molar-refractivity contribution < 1.29 is 0 Å². The van der Waals surface area contributed by atoms with Crippen molar-refractivity contribution in [3.05, 3.63) is 11.4 Å². The van der Waals surface area contributed by atoms with Gasteiger partial charge in [0.05, 0.1) is 0 Å². The van der Waals surface area contributed by atoms with Gasteiger partial charge in [-0.25, -0.2) is 9.97 Å². The first-order valence-corrected chi connectivity index (χ1v) is 7.47. The van der Waals surface area contributed by atoms with Crippen LogP contribution < -0.4 is 10.2 Å². The van der Waals surface area contributed by atoms with Gasteiger partial charge in [-0.1, -0.05) is 13.8 Å². The van der Waals surface area contributed by atoms with Gasteiger partial charge in [0.25, 0.3) is 0 Å². The summed E-state index contributed by atoms with van der Waals surface area (Å²) in [6.07, 6.45) is 2.59. The molecule has 1 aliphatic carbocycles. The topological polar surface area (TPSA) is 41.1 Å². The van der Waals surface area contributed by atoms with Gasteiger partial charge in [-0.3, -0.25) is 0 Å². The van der Waals surface area contributed by atoms with Gasteiger partial charge >= 0.3 is 0 Å². The molecule has 0 bridgehead atoms. The lowest BCUT2D eigenvalue weighted by Crippen LogP contribution is -2.28. The van der Waals surface area contributed by atoms with E-state index in [2.05, 4.69) is 49.8 Å². The molecule has 0 spiro atoms. The summed E-state index contributed by atoms with van der Waals surface area (Å²) in [6, 6.07) is 0.688. The van der Waals surface area contributed by atoms with E-state index in [0.717, 1.165) is 30.5 Å². The molecular formula is C15H26N4. The Morgan fingerprint density at radius 3 is 2.42 bits per heavy atom. The van der Waals surface area contributed by atoms with Crippen LogP contribution >= 0.6 is 0 Å². The largest absolute Gasteiger partial charge is 0.370 e. The number of nitrogens with one attached hydrogen (secondary N) is 1. The van der Waals surface area contributed by atoms with E-state index in [9.17, 15) is 0 Å². The Morgan fingerprint density at radius 2 is 1.95 bits per heavy atom. The molecule has 0 atom stereocenters. The molecule has 4 heteroatoms. The fourth-order valence-electron chi connectivity index (χ4n) is 2.37. The number of aromatic nitrogens is 2. The molecule has 1 aliphatic rings. The summed E-state index contributed by atoms with van der Waals surface area (Å²) in [5.74, 6) is 3.42. The highest BCUT2D eigenvalue weighted by Gasteiger charge is 2.30. The zero-order valence-electron chi connectivity index (χ0n) is 12.8. The van der Waals surface area contributed by atoms with Gasteiger partial charge in [0, 0.05) is 30.6 Å². The summed E-state index contributed by atoms with van der Waals surface area (Å²) in [4.78, 5) is 11.9. The van der Waals surface area contributed by atoms with E-state index >= 15 is 0 Å². The van der Waals surface area contributed by atoms with E-state index in [4.69, 9.17) is 4.98 Å². The van der Waals surface area contributed by atoms with Crippen molar-refractivity contribution >= 4 is 11.6 Å². The van der Waals surface area contributed by atoms with E-state index in [0.29, 0.717) is 12.0 Å². The first-order valence-electron chi connectivity index (χ1n) is 7.47. The third-order valence-electron chi connectivity index (χ3n) is 3.60. The molecule has 2 rings (SSSR count). The molecule has 0 unspecified atom stereocenters. The molecular weight excluding hydrogens is 236 g/mol. The van der Waals surface area contributed by atoms with Gasteiger partial charge in [0.1, 0.15) is 17.5 Å². The minimum atomic E-state index is 0.356. The van der Waals surface area contributed by atoms with Crippen LogP contribution in [0.25, 0.3) is 0 Å². The average Bonchev–Trinajstić information content (AvgIpc) is 3.19. The number of hydrogen-bond donors (Lipinski definition) is 1. The second kappa shape index (κ2) is 5.76. The molecule has 0 amide bonds. The molecule has 1 aromatic rings. The van der Waals surface area contributed by atoms with Crippen LogP contribution in [0.4, 0.5) is 11.6 Å².